The number of benzene rings is 1. The number of carbonyl (C=O) groups excluding carboxylic acids is 1. The fourth-order valence-corrected chi connectivity index (χ4v) is 3.91. The molecular weight excluding hydrogens is 330 g/mol. The molecule has 2 aromatic rings. The monoisotopic (exact) mass is 349 g/mol. The number of nitrogens with zero attached hydrogens (tertiary/aromatic N) is 2. The van der Waals surface area contributed by atoms with E-state index in [1.807, 2.05) is 18.2 Å². The molecule has 0 radical (unpaired) electrons. The molecule has 1 amide bonds. The van der Waals surface area contributed by atoms with E-state index >= 15 is 0 Å². The van der Waals surface area contributed by atoms with E-state index in [0.29, 0.717) is 11.4 Å². The Morgan fingerprint density at radius 3 is 2.75 bits per heavy atom. The molecule has 2 heterocycles. The molecule has 0 saturated carbocycles. The van der Waals surface area contributed by atoms with Crippen molar-refractivity contribution in [3.8, 4) is 5.75 Å². The van der Waals surface area contributed by atoms with Gasteiger partial charge in [0.1, 0.15) is 22.9 Å². The first-order valence-corrected chi connectivity index (χ1v) is 8.90. The summed E-state index contributed by atoms with van der Waals surface area (Å²) in [5, 5.41) is 0. The van der Waals surface area contributed by atoms with Crippen LogP contribution >= 0.6 is 0 Å². The molecule has 0 fully saturated rings. The van der Waals surface area contributed by atoms with Crippen molar-refractivity contribution in [2.75, 3.05) is 20.7 Å². The summed E-state index contributed by atoms with van der Waals surface area (Å²) < 4.78 is 35.0. The van der Waals surface area contributed by atoms with Crippen LogP contribution in [0.1, 0.15) is 22.1 Å². The van der Waals surface area contributed by atoms with Crippen molar-refractivity contribution in [1.29, 1.82) is 0 Å². The quantitative estimate of drug-likeness (QED) is 0.898. The molecule has 0 aliphatic carbocycles. The average molecular weight is 349 g/mol. The molecule has 7 nitrogen and oxygen atoms in total. The summed E-state index contributed by atoms with van der Waals surface area (Å²) in [6, 6.07) is 8.25. The molecule has 1 aliphatic heterocycles. The number of fused-ring (bicyclic) bond motifs is 1. The maximum Gasteiger partial charge on any atom is 0.269 e. The average Bonchev–Trinajstić information content (AvgIpc) is 3.11. The number of aromatic nitrogens is 1. The lowest BCUT2D eigenvalue weighted by atomic mass is 10.1. The smallest absolute Gasteiger partial charge is 0.269 e. The summed E-state index contributed by atoms with van der Waals surface area (Å²) >= 11 is 0. The highest BCUT2D eigenvalue weighted by Gasteiger charge is 2.30. The third-order valence-electron chi connectivity index (χ3n) is 3.91. The second kappa shape index (κ2) is 5.95. The molecule has 1 N–H and O–H groups in total. The van der Waals surface area contributed by atoms with Gasteiger partial charge in [0.15, 0.2) is 0 Å². The molecule has 3 rings (SSSR count). The molecule has 0 bridgehead atoms. The van der Waals surface area contributed by atoms with Gasteiger partial charge in [0.2, 0.25) is 10.0 Å². The second-order valence-electron chi connectivity index (χ2n) is 5.89. The van der Waals surface area contributed by atoms with Gasteiger partial charge in [-0.25, -0.2) is 13.1 Å². The third-order valence-corrected chi connectivity index (χ3v) is 5.35. The maximum absolute atomic E-state index is 12.7. The number of carbonyl (C=O) groups is 1. The molecule has 0 saturated heterocycles. The first-order chi connectivity index (χ1) is 11.3. The Hall–Kier alpha value is -2.32. The lowest BCUT2D eigenvalue weighted by Gasteiger charge is -2.11. The Morgan fingerprint density at radius 1 is 1.33 bits per heavy atom. The zero-order valence-corrected chi connectivity index (χ0v) is 14.5. The summed E-state index contributed by atoms with van der Waals surface area (Å²) in [7, 11) is 1.11. The third kappa shape index (κ3) is 2.90. The van der Waals surface area contributed by atoms with Crippen LogP contribution in [0.25, 0.3) is 0 Å². The van der Waals surface area contributed by atoms with Gasteiger partial charge in [0.25, 0.3) is 5.91 Å². The van der Waals surface area contributed by atoms with Crippen molar-refractivity contribution in [2.24, 2.45) is 7.05 Å². The van der Waals surface area contributed by atoms with Gasteiger partial charge in [-0.05, 0) is 12.1 Å². The van der Waals surface area contributed by atoms with Crippen LogP contribution in [0.2, 0.25) is 0 Å². The first kappa shape index (κ1) is 16.5. The predicted octanol–water partition coefficient (Wildman–Crippen LogP) is 1.14. The Labute approximate surface area is 140 Å². The fourth-order valence-electron chi connectivity index (χ4n) is 2.64. The Bertz CT molecular complexity index is 886. The van der Waals surface area contributed by atoms with Gasteiger partial charge >= 0.3 is 0 Å². The van der Waals surface area contributed by atoms with Crippen molar-refractivity contribution < 1.29 is 17.9 Å². The number of rotatable bonds is 4. The number of sulfonamides is 1. The van der Waals surface area contributed by atoms with Crippen LogP contribution in [-0.2, 0) is 17.1 Å². The molecule has 0 spiro atoms. The number of para-hydroxylation sites is 1. The summed E-state index contributed by atoms with van der Waals surface area (Å²) in [5.41, 5.74) is 1.12. The van der Waals surface area contributed by atoms with Crippen LogP contribution in [0.3, 0.4) is 0 Å². The zero-order chi connectivity index (χ0) is 17.5. The van der Waals surface area contributed by atoms with E-state index < -0.39 is 16.1 Å². The van der Waals surface area contributed by atoms with E-state index in [2.05, 4.69) is 4.72 Å². The van der Waals surface area contributed by atoms with Crippen molar-refractivity contribution in [3.63, 3.8) is 0 Å². The van der Waals surface area contributed by atoms with E-state index in [0.717, 1.165) is 5.56 Å². The minimum atomic E-state index is -3.77. The van der Waals surface area contributed by atoms with Gasteiger partial charge in [-0.2, -0.15) is 0 Å². The Morgan fingerprint density at radius 2 is 2.04 bits per heavy atom. The molecule has 1 unspecified atom stereocenters. The van der Waals surface area contributed by atoms with Gasteiger partial charge < -0.3 is 14.2 Å². The molecule has 128 valence electrons. The van der Waals surface area contributed by atoms with Crippen molar-refractivity contribution in [1.82, 2.24) is 14.2 Å². The second-order valence-corrected chi connectivity index (χ2v) is 7.61. The van der Waals surface area contributed by atoms with Gasteiger partial charge in [0.05, 0.1) is 6.04 Å². The highest BCUT2D eigenvalue weighted by atomic mass is 32.2. The summed E-state index contributed by atoms with van der Waals surface area (Å²) in [4.78, 5) is 13.5. The van der Waals surface area contributed by atoms with Gasteiger partial charge in [-0.15, -0.1) is 0 Å². The Balaban J connectivity index is 1.87. The number of hydrogen-bond acceptors (Lipinski definition) is 4. The van der Waals surface area contributed by atoms with E-state index in [9.17, 15) is 13.2 Å². The van der Waals surface area contributed by atoms with E-state index in [-0.39, 0.29) is 17.4 Å². The number of aryl methyl sites for hydroxylation is 1. The van der Waals surface area contributed by atoms with E-state index in [4.69, 9.17) is 4.74 Å². The highest BCUT2D eigenvalue weighted by molar-refractivity contribution is 7.89. The zero-order valence-electron chi connectivity index (χ0n) is 13.7. The van der Waals surface area contributed by atoms with Crippen molar-refractivity contribution in [2.45, 2.75) is 10.9 Å². The maximum atomic E-state index is 12.7. The minimum absolute atomic E-state index is 0.0552. The highest BCUT2D eigenvalue weighted by Crippen LogP contribution is 2.32. The van der Waals surface area contributed by atoms with Gasteiger partial charge in [-0.3, -0.25) is 4.79 Å². The van der Waals surface area contributed by atoms with Crippen LogP contribution in [0, 0.1) is 0 Å². The summed E-state index contributed by atoms with van der Waals surface area (Å²) in [6.07, 6.45) is 1.43. The molecule has 8 heteroatoms. The lowest BCUT2D eigenvalue weighted by Crippen LogP contribution is -2.29. The topological polar surface area (TPSA) is 80.6 Å². The molecule has 1 atom stereocenters. The van der Waals surface area contributed by atoms with Crippen LogP contribution in [-0.4, -0.2) is 44.5 Å². The Kier molecular flexibility index (Phi) is 4.10. The summed E-state index contributed by atoms with van der Waals surface area (Å²) in [5.74, 6) is 0.426. The SMILES string of the molecule is CN(C)C(=O)c1cc(S(=O)(=O)NC2COc3ccccc32)cn1C. The van der Waals surface area contributed by atoms with Crippen molar-refractivity contribution in [3.05, 3.63) is 47.8 Å². The predicted molar refractivity (Wildman–Crippen MR) is 88.4 cm³/mol. The normalized spacial score (nSPS) is 16.5. The standard InChI is InChI=1S/C16H19N3O4S/c1-18(2)16(20)14-8-11(9-19(14)3)24(21,22)17-13-10-23-15-7-5-4-6-12(13)15/h4-9,13,17H,10H2,1-3H3. The number of hydrogen-bond donors (Lipinski definition) is 1. The minimum Gasteiger partial charge on any atom is -0.491 e. The van der Waals surface area contributed by atoms with Crippen LogP contribution in [0.15, 0.2) is 41.4 Å². The van der Waals surface area contributed by atoms with Crippen LogP contribution < -0.4 is 9.46 Å². The molecule has 24 heavy (non-hydrogen) atoms. The van der Waals surface area contributed by atoms with E-state index in [1.165, 1.54) is 21.7 Å². The molecule has 1 aromatic heterocycles. The van der Waals surface area contributed by atoms with Crippen LogP contribution in [0.5, 0.6) is 5.75 Å². The number of ether oxygens (including phenoxy) is 1. The number of nitrogens with one attached hydrogen (secondary N) is 1. The van der Waals surface area contributed by atoms with Crippen LogP contribution in [0.4, 0.5) is 0 Å². The fraction of sp³-hybridized carbons (Fsp3) is 0.312. The largest absolute Gasteiger partial charge is 0.491 e. The van der Waals surface area contributed by atoms with E-state index in [1.54, 1.807) is 27.2 Å². The summed E-state index contributed by atoms with van der Waals surface area (Å²) in [6.45, 7) is 0.245. The van der Waals surface area contributed by atoms with Crippen molar-refractivity contribution >= 4 is 15.9 Å². The van der Waals surface area contributed by atoms with Gasteiger partial charge in [-0.1, -0.05) is 18.2 Å². The first-order valence-electron chi connectivity index (χ1n) is 7.41. The van der Waals surface area contributed by atoms with Gasteiger partial charge in [0, 0.05) is 32.9 Å². The molecule has 1 aromatic carbocycles. The number of amides is 1. The molecule has 1 aliphatic rings. The molecular formula is C16H19N3O4S. The lowest BCUT2D eigenvalue weighted by molar-refractivity contribution is 0.0818.